The van der Waals surface area contributed by atoms with Gasteiger partial charge in [-0.3, -0.25) is 19.1 Å². The predicted molar refractivity (Wildman–Crippen MR) is 147 cm³/mol. The summed E-state index contributed by atoms with van der Waals surface area (Å²) in [6.07, 6.45) is 4.95. The first-order valence-electron chi connectivity index (χ1n) is 13.6. The molecule has 0 aliphatic heterocycles. The first-order chi connectivity index (χ1) is 19.7. The zero-order valence-electron chi connectivity index (χ0n) is 22.5. The monoisotopic (exact) mass is 568 g/mol. The molecule has 0 spiro atoms. The summed E-state index contributed by atoms with van der Waals surface area (Å²) >= 11 is 0. The minimum absolute atomic E-state index is 0.0457. The van der Waals surface area contributed by atoms with Crippen molar-refractivity contribution < 1.29 is 22.8 Å². The van der Waals surface area contributed by atoms with Crippen molar-refractivity contribution in [2.45, 2.75) is 57.7 Å². The SMILES string of the molecule is CCc1cc(Nc2nccn3c(-c4c[nH]nc4C(F)(F)F)cnc23)ccc1C(=O)NCCCC(=O)[C@H]1CC[C@@H](N)C1. The van der Waals surface area contributed by atoms with Crippen LogP contribution in [0.5, 0.6) is 0 Å². The van der Waals surface area contributed by atoms with Crippen LogP contribution < -0.4 is 16.4 Å². The third-order valence-corrected chi connectivity index (χ3v) is 7.42. The lowest BCUT2D eigenvalue weighted by Crippen LogP contribution is -2.26. The van der Waals surface area contributed by atoms with Crippen molar-refractivity contribution in [1.82, 2.24) is 29.9 Å². The largest absolute Gasteiger partial charge is 0.435 e. The van der Waals surface area contributed by atoms with Gasteiger partial charge in [-0.2, -0.15) is 18.3 Å². The number of benzene rings is 1. The fraction of sp³-hybridized carbons (Fsp3) is 0.393. The minimum atomic E-state index is -4.63. The Kier molecular flexibility index (Phi) is 8.06. The van der Waals surface area contributed by atoms with E-state index in [4.69, 9.17) is 5.73 Å². The lowest BCUT2D eigenvalue weighted by molar-refractivity contribution is -0.140. The topological polar surface area (TPSA) is 143 Å². The molecule has 3 aromatic heterocycles. The van der Waals surface area contributed by atoms with E-state index in [1.807, 2.05) is 13.0 Å². The molecule has 0 radical (unpaired) electrons. The highest BCUT2D eigenvalue weighted by molar-refractivity contribution is 5.96. The molecule has 0 unspecified atom stereocenters. The summed E-state index contributed by atoms with van der Waals surface area (Å²) < 4.78 is 41.7. The molecule has 4 aromatic rings. The summed E-state index contributed by atoms with van der Waals surface area (Å²) in [5, 5.41) is 11.7. The number of rotatable bonds is 10. The lowest BCUT2D eigenvalue weighted by Gasteiger charge is -2.13. The molecule has 1 saturated carbocycles. The number of hydrogen-bond acceptors (Lipinski definition) is 7. The number of aromatic nitrogens is 5. The second-order valence-electron chi connectivity index (χ2n) is 10.2. The van der Waals surface area contributed by atoms with E-state index >= 15 is 0 Å². The van der Waals surface area contributed by atoms with Crippen molar-refractivity contribution in [2.75, 3.05) is 11.9 Å². The van der Waals surface area contributed by atoms with E-state index in [2.05, 4.69) is 30.8 Å². The van der Waals surface area contributed by atoms with Gasteiger partial charge in [-0.05, 0) is 55.9 Å². The molecular weight excluding hydrogens is 537 g/mol. The van der Waals surface area contributed by atoms with Crippen LogP contribution >= 0.6 is 0 Å². The molecule has 216 valence electrons. The molecule has 1 amide bonds. The van der Waals surface area contributed by atoms with E-state index in [0.717, 1.165) is 24.8 Å². The number of nitrogens with two attached hydrogens (primary N) is 1. The van der Waals surface area contributed by atoms with Gasteiger partial charge >= 0.3 is 6.18 Å². The molecule has 41 heavy (non-hydrogen) atoms. The maximum Gasteiger partial charge on any atom is 0.435 e. The number of nitrogens with one attached hydrogen (secondary N) is 3. The van der Waals surface area contributed by atoms with Gasteiger partial charge in [0, 0.05) is 54.8 Å². The fourth-order valence-electron chi connectivity index (χ4n) is 5.30. The molecule has 1 aliphatic carbocycles. The highest BCUT2D eigenvalue weighted by atomic mass is 19.4. The van der Waals surface area contributed by atoms with Crippen molar-refractivity contribution in [3.8, 4) is 11.3 Å². The van der Waals surface area contributed by atoms with Gasteiger partial charge in [-0.25, -0.2) is 9.97 Å². The zero-order valence-corrected chi connectivity index (χ0v) is 22.5. The number of amides is 1. The number of Topliss-reactive ketones (excluding diaryl/α,β-unsaturated/α-hetero) is 1. The van der Waals surface area contributed by atoms with Crippen molar-refractivity contribution in [1.29, 1.82) is 0 Å². The van der Waals surface area contributed by atoms with E-state index < -0.39 is 11.9 Å². The van der Waals surface area contributed by atoms with Gasteiger partial charge in [-0.15, -0.1) is 0 Å². The second kappa shape index (κ2) is 11.7. The average Bonchev–Trinajstić information content (AvgIpc) is 3.70. The van der Waals surface area contributed by atoms with Gasteiger partial charge in [0.1, 0.15) is 5.78 Å². The average molecular weight is 569 g/mol. The first kappa shape index (κ1) is 28.3. The Morgan fingerprint density at radius 3 is 2.78 bits per heavy atom. The molecule has 0 saturated heterocycles. The van der Waals surface area contributed by atoms with E-state index in [-0.39, 0.29) is 34.9 Å². The molecular formula is C28H31F3N8O2. The van der Waals surface area contributed by atoms with Crippen molar-refractivity contribution in [3.05, 3.63) is 59.8 Å². The molecule has 1 fully saturated rings. The Hall–Kier alpha value is -4.26. The lowest BCUT2D eigenvalue weighted by atomic mass is 9.98. The standard InChI is InChI=1S/C28H31F3N8O2/c1-2-16-13-19(7-8-20(16)27(41)34-9-3-4-23(40)17-5-6-18(32)12-17)37-25-26-35-15-22(39(26)11-10-33-25)21-14-36-38-24(21)28(29,30)31/h7-8,10-11,13-15,17-18H,2-6,9,12,32H2,1H3,(H,33,37)(H,34,41)(H,36,38)/t17-,18+/m0/s1. The first-order valence-corrected chi connectivity index (χ1v) is 13.6. The van der Waals surface area contributed by atoms with Crippen molar-refractivity contribution in [2.24, 2.45) is 11.7 Å². The molecule has 1 aliphatic rings. The fourth-order valence-corrected chi connectivity index (χ4v) is 5.30. The van der Waals surface area contributed by atoms with Crippen LogP contribution in [0.2, 0.25) is 0 Å². The Balaban J connectivity index is 1.26. The van der Waals surface area contributed by atoms with Crippen LogP contribution in [0.25, 0.3) is 16.9 Å². The molecule has 5 rings (SSSR count). The van der Waals surface area contributed by atoms with E-state index in [0.29, 0.717) is 48.5 Å². The van der Waals surface area contributed by atoms with Crippen molar-refractivity contribution >= 4 is 28.8 Å². The Morgan fingerprint density at radius 2 is 2.05 bits per heavy atom. The maximum atomic E-state index is 13.4. The van der Waals surface area contributed by atoms with Gasteiger partial charge in [-0.1, -0.05) is 6.92 Å². The number of carbonyl (C=O) groups excluding carboxylic acids is 2. The summed E-state index contributed by atoms with van der Waals surface area (Å²) in [6, 6.07) is 5.38. The van der Waals surface area contributed by atoms with Crippen LogP contribution in [0.4, 0.5) is 24.7 Å². The number of fused-ring (bicyclic) bond motifs is 1. The molecule has 10 nitrogen and oxygen atoms in total. The summed E-state index contributed by atoms with van der Waals surface area (Å²) in [5.41, 5.74) is 7.25. The number of anilines is 2. The third-order valence-electron chi connectivity index (χ3n) is 7.42. The minimum Gasteiger partial charge on any atom is -0.352 e. The molecule has 5 N–H and O–H groups in total. The third kappa shape index (κ3) is 6.09. The summed E-state index contributed by atoms with van der Waals surface area (Å²) in [7, 11) is 0. The Morgan fingerprint density at radius 1 is 1.22 bits per heavy atom. The second-order valence-corrected chi connectivity index (χ2v) is 10.2. The Labute approximate surface area is 233 Å². The van der Waals surface area contributed by atoms with E-state index in [1.54, 1.807) is 12.1 Å². The number of carbonyl (C=O) groups is 2. The number of halogens is 3. The molecule has 1 aromatic carbocycles. The van der Waals surface area contributed by atoms with Gasteiger partial charge in [0.25, 0.3) is 5.91 Å². The number of H-pyrrole nitrogens is 1. The number of nitrogens with zero attached hydrogens (tertiary/aromatic N) is 4. The van der Waals surface area contributed by atoms with E-state index in [1.165, 1.54) is 29.2 Å². The quantitative estimate of drug-likeness (QED) is 0.204. The summed E-state index contributed by atoms with van der Waals surface area (Å²) in [4.78, 5) is 33.9. The van der Waals surface area contributed by atoms with E-state index in [9.17, 15) is 22.8 Å². The summed E-state index contributed by atoms with van der Waals surface area (Å²) in [5.74, 6) is 0.380. The number of aryl methyl sites for hydroxylation is 1. The van der Waals surface area contributed by atoms with Crippen LogP contribution in [0, 0.1) is 5.92 Å². The van der Waals surface area contributed by atoms with Crippen LogP contribution in [0.1, 0.15) is 60.6 Å². The van der Waals surface area contributed by atoms with Crippen molar-refractivity contribution in [3.63, 3.8) is 0 Å². The highest BCUT2D eigenvalue weighted by Crippen LogP contribution is 2.36. The number of hydrogen-bond donors (Lipinski definition) is 4. The van der Waals surface area contributed by atoms with Crippen LogP contribution in [-0.4, -0.2) is 48.8 Å². The van der Waals surface area contributed by atoms with Crippen LogP contribution in [0.3, 0.4) is 0 Å². The number of aromatic amines is 1. The van der Waals surface area contributed by atoms with Crippen LogP contribution in [-0.2, 0) is 17.4 Å². The predicted octanol–water partition coefficient (Wildman–Crippen LogP) is 4.65. The number of alkyl halides is 3. The number of imidazole rings is 1. The van der Waals surface area contributed by atoms with Gasteiger partial charge in [0.15, 0.2) is 17.2 Å². The normalized spacial score (nSPS) is 17.2. The molecule has 2 atom stereocenters. The van der Waals surface area contributed by atoms with Gasteiger partial charge < -0.3 is 16.4 Å². The summed E-state index contributed by atoms with van der Waals surface area (Å²) in [6.45, 7) is 2.33. The maximum absolute atomic E-state index is 13.4. The molecule has 0 bridgehead atoms. The van der Waals surface area contributed by atoms with Gasteiger partial charge in [0.2, 0.25) is 0 Å². The highest BCUT2D eigenvalue weighted by Gasteiger charge is 2.37. The number of ketones is 1. The van der Waals surface area contributed by atoms with Crippen LogP contribution in [0.15, 0.2) is 43.0 Å². The smallest absolute Gasteiger partial charge is 0.352 e. The Bertz CT molecular complexity index is 1560. The molecule has 13 heteroatoms. The van der Waals surface area contributed by atoms with Gasteiger partial charge in [0.05, 0.1) is 17.5 Å². The molecule has 3 heterocycles. The zero-order chi connectivity index (χ0) is 29.1.